The van der Waals surface area contributed by atoms with Crippen LogP contribution in [0.1, 0.15) is 6.92 Å². The maximum Gasteiger partial charge on any atom is 0.263 e. The molecule has 1 N–H and O–H groups in total. The Morgan fingerprint density at radius 2 is 1.59 bits per heavy atom. The summed E-state index contributed by atoms with van der Waals surface area (Å²) in [6, 6.07) is 9.01. The molecule has 0 amide bonds. The number of hydrogen-bond acceptors (Lipinski definition) is 3. The van der Waals surface area contributed by atoms with Gasteiger partial charge in [0.15, 0.2) is 0 Å². The number of halogens is 3. The number of ether oxygens (including phenoxy) is 1. The number of hydrogen-bond donors (Lipinski definition) is 1. The minimum Gasteiger partial charge on any atom is -0.494 e. The number of nitrogens with one attached hydrogen (secondary N) is 1. The molecule has 0 aliphatic heterocycles. The van der Waals surface area contributed by atoms with Crippen molar-refractivity contribution < 1.29 is 13.2 Å². The van der Waals surface area contributed by atoms with Crippen LogP contribution in [0.5, 0.6) is 5.75 Å². The van der Waals surface area contributed by atoms with E-state index in [1.54, 1.807) is 24.3 Å². The highest BCUT2D eigenvalue weighted by Gasteiger charge is 2.20. The minimum absolute atomic E-state index is 0.00663. The Kier molecular flexibility index (Phi) is 5.45. The lowest BCUT2D eigenvalue weighted by Crippen LogP contribution is -2.13. The van der Waals surface area contributed by atoms with Crippen molar-refractivity contribution >= 4 is 50.5 Å². The quantitative estimate of drug-likeness (QED) is 0.755. The average molecular weight is 381 g/mol. The molecule has 0 aliphatic rings. The van der Waals surface area contributed by atoms with Crippen molar-refractivity contribution in [1.29, 1.82) is 0 Å². The molecular weight excluding hydrogens is 369 g/mol. The van der Waals surface area contributed by atoms with Gasteiger partial charge in [0.2, 0.25) is 0 Å². The van der Waals surface area contributed by atoms with Crippen LogP contribution < -0.4 is 9.46 Å². The Labute approximate surface area is 144 Å². The van der Waals surface area contributed by atoms with Gasteiger partial charge < -0.3 is 4.74 Å². The van der Waals surface area contributed by atoms with E-state index in [0.29, 0.717) is 18.0 Å². The molecule has 0 spiro atoms. The molecule has 2 aromatic rings. The monoisotopic (exact) mass is 379 g/mol. The maximum atomic E-state index is 12.4. The highest BCUT2D eigenvalue weighted by molar-refractivity contribution is 7.92. The molecule has 22 heavy (non-hydrogen) atoms. The standard InChI is InChI=1S/C14H12Cl3NO3S/c1-2-21-10-5-3-9(4-6-10)18-22(19,20)14-8-12(16)11(15)7-13(14)17/h3-8,18H,2H2,1H3. The van der Waals surface area contributed by atoms with Gasteiger partial charge in [0.05, 0.1) is 21.7 Å². The van der Waals surface area contributed by atoms with E-state index in [-0.39, 0.29) is 20.0 Å². The first-order chi connectivity index (χ1) is 10.3. The smallest absolute Gasteiger partial charge is 0.263 e. The molecule has 0 aliphatic carbocycles. The largest absolute Gasteiger partial charge is 0.494 e. The molecule has 0 unspecified atom stereocenters. The maximum absolute atomic E-state index is 12.4. The molecule has 0 aromatic heterocycles. The predicted octanol–water partition coefficient (Wildman–Crippen LogP) is 4.85. The Bertz CT molecular complexity index is 777. The molecule has 0 heterocycles. The van der Waals surface area contributed by atoms with Gasteiger partial charge in [-0.05, 0) is 43.3 Å². The molecule has 0 atom stereocenters. The van der Waals surface area contributed by atoms with Gasteiger partial charge in [-0.1, -0.05) is 34.8 Å². The summed E-state index contributed by atoms with van der Waals surface area (Å²) in [7, 11) is -3.87. The van der Waals surface area contributed by atoms with Gasteiger partial charge in [0, 0.05) is 5.69 Å². The van der Waals surface area contributed by atoms with Gasteiger partial charge in [-0.3, -0.25) is 4.72 Å². The Morgan fingerprint density at radius 3 is 2.18 bits per heavy atom. The van der Waals surface area contributed by atoms with Crippen LogP contribution in [0.3, 0.4) is 0 Å². The van der Waals surface area contributed by atoms with Crippen molar-refractivity contribution in [3.05, 3.63) is 51.5 Å². The van der Waals surface area contributed by atoms with Crippen LogP contribution in [0.25, 0.3) is 0 Å². The lowest BCUT2D eigenvalue weighted by atomic mass is 10.3. The van der Waals surface area contributed by atoms with Crippen molar-refractivity contribution in [3.8, 4) is 5.75 Å². The summed E-state index contributed by atoms with van der Waals surface area (Å²) in [6.45, 7) is 2.40. The number of anilines is 1. The summed E-state index contributed by atoms with van der Waals surface area (Å²) in [5, 5.41) is 0.289. The third kappa shape index (κ3) is 3.98. The van der Waals surface area contributed by atoms with Gasteiger partial charge >= 0.3 is 0 Å². The van der Waals surface area contributed by atoms with E-state index in [1.165, 1.54) is 12.1 Å². The molecule has 0 saturated carbocycles. The van der Waals surface area contributed by atoms with Crippen LogP contribution in [0.2, 0.25) is 15.1 Å². The van der Waals surface area contributed by atoms with Crippen molar-refractivity contribution in [1.82, 2.24) is 0 Å². The predicted molar refractivity (Wildman–Crippen MR) is 89.9 cm³/mol. The Balaban J connectivity index is 2.29. The Hall–Kier alpha value is -1.14. The second kappa shape index (κ2) is 6.96. The van der Waals surface area contributed by atoms with Crippen LogP contribution in [0.4, 0.5) is 5.69 Å². The van der Waals surface area contributed by atoms with Gasteiger partial charge in [-0.15, -0.1) is 0 Å². The van der Waals surface area contributed by atoms with Crippen molar-refractivity contribution in [2.75, 3.05) is 11.3 Å². The fraction of sp³-hybridized carbons (Fsp3) is 0.143. The normalized spacial score (nSPS) is 11.3. The summed E-state index contributed by atoms with van der Waals surface area (Å²) < 4.78 is 32.5. The topological polar surface area (TPSA) is 55.4 Å². The first kappa shape index (κ1) is 17.2. The zero-order valence-corrected chi connectivity index (χ0v) is 14.5. The second-order valence-corrected chi connectivity index (χ2v) is 7.13. The van der Waals surface area contributed by atoms with E-state index in [9.17, 15) is 8.42 Å². The van der Waals surface area contributed by atoms with Gasteiger partial charge in [0.1, 0.15) is 10.6 Å². The summed E-state index contributed by atoms with van der Waals surface area (Å²) in [5.74, 6) is 0.651. The van der Waals surface area contributed by atoms with Crippen LogP contribution in [-0.2, 0) is 10.0 Å². The molecule has 0 bridgehead atoms. The van der Waals surface area contributed by atoms with Crippen molar-refractivity contribution in [3.63, 3.8) is 0 Å². The number of rotatable bonds is 5. The van der Waals surface area contributed by atoms with Crippen molar-refractivity contribution in [2.45, 2.75) is 11.8 Å². The first-order valence-electron chi connectivity index (χ1n) is 6.23. The fourth-order valence-corrected chi connectivity index (χ4v) is 3.77. The van der Waals surface area contributed by atoms with Crippen LogP contribution in [0, 0.1) is 0 Å². The van der Waals surface area contributed by atoms with Gasteiger partial charge in [-0.25, -0.2) is 8.42 Å². The minimum atomic E-state index is -3.87. The Morgan fingerprint density at radius 1 is 1.00 bits per heavy atom. The lowest BCUT2D eigenvalue weighted by Gasteiger charge is -2.11. The van der Waals surface area contributed by atoms with Crippen LogP contribution >= 0.6 is 34.8 Å². The third-order valence-corrected chi connectivity index (χ3v) is 5.25. The third-order valence-electron chi connectivity index (χ3n) is 2.68. The molecule has 0 radical (unpaired) electrons. The molecule has 2 aromatic carbocycles. The van der Waals surface area contributed by atoms with E-state index in [1.807, 2.05) is 6.92 Å². The van der Waals surface area contributed by atoms with E-state index >= 15 is 0 Å². The molecule has 0 saturated heterocycles. The van der Waals surface area contributed by atoms with Crippen LogP contribution in [-0.4, -0.2) is 15.0 Å². The molecule has 8 heteroatoms. The summed E-state index contributed by atoms with van der Waals surface area (Å²) in [5.41, 5.74) is 0.380. The number of benzene rings is 2. The summed E-state index contributed by atoms with van der Waals surface area (Å²) in [4.78, 5) is -0.141. The van der Waals surface area contributed by atoms with E-state index in [0.717, 1.165) is 0 Å². The highest BCUT2D eigenvalue weighted by Crippen LogP contribution is 2.32. The van der Waals surface area contributed by atoms with E-state index in [4.69, 9.17) is 39.5 Å². The van der Waals surface area contributed by atoms with Gasteiger partial charge in [-0.2, -0.15) is 0 Å². The molecule has 0 fully saturated rings. The van der Waals surface area contributed by atoms with E-state index in [2.05, 4.69) is 4.72 Å². The highest BCUT2D eigenvalue weighted by atomic mass is 35.5. The second-order valence-electron chi connectivity index (χ2n) is 4.26. The van der Waals surface area contributed by atoms with Crippen molar-refractivity contribution in [2.24, 2.45) is 0 Å². The zero-order valence-electron chi connectivity index (χ0n) is 11.4. The van der Waals surface area contributed by atoms with Gasteiger partial charge in [0.25, 0.3) is 10.0 Å². The van der Waals surface area contributed by atoms with Crippen LogP contribution in [0.15, 0.2) is 41.3 Å². The SMILES string of the molecule is CCOc1ccc(NS(=O)(=O)c2cc(Cl)c(Cl)cc2Cl)cc1. The summed E-state index contributed by atoms with van der Waals surface area (Å²) in [6.07, 6.45) is 0. The molecule has 2 rings (SSSR count). The molecule has 118 valence electrons. The zero-order chi connectivity index (χ0) is 16.3. The van der Waals surface area contributed by atoms with E-state index < -0.39 is 10.0 Å². The lowest BCUT2D eigenvalue weighted by molar-refractivity contribution is 0.340. The fourth-order valence-electron chi connectivity index (χ4n) is 1.71. The summed E-state index contributed by atoms with van der Waals surface area (Å²) >= 11 is 17.6. The molecular formula is C14H12Cl3NO3S. The number of sulfonamides is 1. The molecule has 4 nitrogen and oxygen atoms in total. The average Bonchev–Trinajstić information content (AvgIpc) is 2.45. The first-order valence-corrected chi connectivity index (χ1v) is 8.85.